The van der Waals surface area contributed by atoms with E-state index in [1.54, 1.807) is 25.3 Å². The number of hydrogen-bond donors (Lipinski definition) is 1. The van der Waals surface area contributed by atoms with Gasteiger partial charge in [0.05, 0.1) is 18.9 Å². The van der Waals surface area contributed by atoms with Crippen LogP contribution in [0.2, 0.25) is 0 Å². The predicted molar refractivity (Wildman–Crippen MR) is 78.0 cm³/mol. The second kappa shape index (κ2) is 6.61. The van der Waals surface area contributed by atoms with E-state index in [2.05, 4.69) is 0 Å². The highest BCUT2D eigenvalue weighted by molar-refractivity contribution is 5.95. The number of benzene rings is 1. The maximum absolute atomic E-state index is 12.5. The fourth-order valence-electron chi connectivity index (χ4n) is 2.16. The number of amides is 1. The molecule has 1 aliphatic rings. The van der Waals surface area contributed by atoms with Crippen LogP contribution in [-0.2, 0) is 4.74 Å². The monoisotopic (exact) mass is 278 g/mol. The molecule has 0 spiro atoms. The minimum atomic E-state index is 0.0132. The smallest absolute Gasteiger partial charge is 0.254 e. The largest absolute Gasteiger partial charge is 0.492 e. The van der Waals surface area contributed by atoms with Gasteiger partial charge in [0.1, 0.15) is 5.75 Å². The number of ether oxygens (including phenoxy) is 2. The Morgan fingerprint density at radius 1 is 1.45 bits per heavy atom. The Morgan fingerprint density at radius 3 is 2.75 bits per heavy atom. The van der Waals surface area contributed by atoms with Gasteiger partial charge in [0, 0.05) is 25.3 Å². The third kappa shape index (κ3) is 3.42. The Morgan fingerprint density at radius 2 is 2.20 bits per heavy atom. The highest BCUT2D eigenvalue weighted by atomic mass is 16.5. The van der Waals surface area contributed by atoms with Crippen LogP contribution in [0.1, 0.15) is 30.1 Å². The summed E-state index contributed by atoms with van der Waals surface area (Å²) in [6.45, 7) is 3.62. The van der Waals surface area contributed by atoms with E-state index < -0.39 is 0 Å². The first-order valence-electron chi connectivity index (χ1n) is 6.99. The Balaban J connectivity index is 2.12. The fourth-order valence-corrected chi connectivity index (χ4v) is 2.16. The first-order chi connectivity index (χ1) is 9.67. The summed E-state index contributed by atoms with van der Waals surface area (Å²) >= 11 is 0. The number of anilines is 1. The number of nitrogens with zero attached hydrogens (tertiary/aromatic N) is 1. The lowest BCUT2D eigenvalue weighted by molar-refractivity contribution is 0.0680. The molecule has 1 fully saturated rings. The van der Waals surface area contributed by atoms with E-state index >= 15 is 0 Å². The molecule has 0 unspecified atom stereocenters. The van der Waals surface area contributed by atoms with E-state index in [0.717, 1.165) is 12.8 Å². The predicted octanol–water partition coefficient (Wildman–Crippen LogP) is 1.92. The second-order valence-electron chi connectivity index (χ2n) is 4.91. The molecule has 1 aromatic rings. The number of nitrogens with two attached hydrogens (primary N) is 1. The van der Waals surface area contributed by atoms with Crippen LogP contribution < -0.4 is 10.5 Å². The highest BCUT2D eigenvalue weighted by Crippen LogP contribution is 2.29. The van der Waals surface area contributed by atoms with Gasteiger partial charge in [0.2, 0.25) is 0 Å². The van der Waals surface area contributed by atoms with E-state index in [0.29, 0.717) is 42.8 Å². The Bertz CT molecular complexity index is 472. The van der Waals surface area contributed by atoms with E-state index in [9.17, 15) is 4.79 Å². The Labute approximate surface area is 119 Å². The Hall–Kier alpha value is -1.75. The highest BCUT2D eigenvalue weighted by Gasteiger charge is 2.32. The molecule has 0 bridgehead atoms. The molecule has 1 amide bonds. The summed E-state index contributed by atoms with van der Waals surface area (Å²) in [5.74, 6) is 0.637. The van der Waals surface area contributed by atoms with Crippen molar-refractivity contribution in [3.8, 4) is 5.75 Å². The van der Waals surface area contributed by atoms with Crippen molar-refractivity contribution in [1.82, 2.24) is 4.90 Å². The van der Waals surface area contributed by atoms with Crippen LogP contribution in [0.5, 0.6) is 5.75 Å². The van der Waals surface area contributed by atoms with Gasteiger partial charge in [-0.3, -0.25) is 4.79 Å². The van der Waals surface area contributed by atoms with Gasteiger partial charge in [0.15, 0.2) is 0 Å². The van der Waals surface area contributed by atoms with Crippen LogP contribution in [0.4, 0.5) is 5.69 Å². The van der Waals surface area contributed by atoms with E-state index in [-0.39, 0.29) is 5.91 Å². The summed E-state index contributed by atoms with van der Waals surface area (Å²) in [4.78, 5) is 14.4. The molecule has 0 heterocycles. The van der Waals surface area contributed by atoms with Crippen molar-refractivity contribution in [2.45, 2.75) is 25.8 Å². The summed E-state index contributed by atoms with van der Waals surface area (Å²) < 4.78 is 10.5. The summed E-state index contributed by atoms with van der Waals surface area (Å²) in [5, 5.41) is 0. The van der Waals surface area contributed by atoms with Crippen LogP contribution in [0.3, 0.4) is 0 Å². The average Bonchev–Trinajstić information content (AvgIpc) is 3.26. The summed E-state index contributed by atoms with van der Waals surface area (Å²) in [6, 6.07) is 5.57. The van der Waals surface area contributed by atoms with Crippen LogP contribution in [-0.4, -0.2) is 43.7 Å². The lowest BCUT2D eigenvalue weighted by Gasteiger charge is -2.22. The molecule has 5 heteroatoms. The van der Waals surface area contributed by atoms with Gasteiger partial charge >= 0.3 is 0 Å². The molecular weight excluding hydrogens is 256 g/mol. The third-order valence-corrected chi connectivity index (χ3v) is 3.34. The number of rotatable bonds is 7. The maximum atomic E-state index is 12.5. The van der Waals surface area contributed by atoms with Gasteiger partial charge in [-0.05, 0) is 38.0 Å². The van der Waals surface area contributed by atoms with Gasteiger partial charge in [-0.25, -0.2) is 0 Å². The minimum absolute atomic E-state index is 0.0132. The van der Waals surface area contributed by atoms with Crippen LogP contribution in [0.25, 0.3) is 0 Å². The third-order valence-electron chi connectivity index (χ3n) is 3.34. The number of nitrogen functional groups attached to an aromatic ring is 1. The molecule has 20 heavy (non-hydrogen) atoms. The van der Waals surface area contributed by atoms with Crippen LogP contribution in [0.15, 0.2) is 18.2 Å². The van der Waals surface area contributed by atoms with Gasteiger partial charge in [-0.2, -0.15) is 0 Å². The molecule has 2 N–H and O–H groups in total. The summed E-state index contributed by atoms with van der Waals surface area (Å²) in [7, 11) is 1.64. The van der Waals surface area contributed by atoms with Crippen molar-refractivity contribution in [2.24, 2.45) is 0 Å². The van der Waals surface area contributed by atoms with E-state index in [1.165, 1.54) is 0 Å². The summed E-state index contributed by atoms with van der Waals surface area (Å²) in [6.07, 6.45) is 2.14. The molecule has 0 atom stereocenters. The lowest BCUT2D eigenvalue weighted by Crippen LogP contribution is -2.35. The molecule has 1 aliphatic carbocycles. The topological polar surface area (TPSA) is 64.8 Å². The number of hydrogen-bond acceptors (Lipinski definition) is 4. The maximum Gasteiger partial charge on any atom is 0.254 e. The molecule has 2 rings (SSSR count). The zero-order valence-corrected chi connectivity index (χ0v) is 12.1. The molecule has 0 radical (unpaired) electrons. The van der Waals surface area contributed by atoms with Crippen molar-refractivity contribution in [3.63, 3.8) is 0 Å². The van der Waals surface area contributed by atoms with Gasteiger partial charge in [-0.15, -0.1) is 0 Å². The Kier molecular flexibility index (Phi) is 4.84. The van der Waals surface area contributed by atoms with E-state index in [1.807, 2.05) is 11.8 Å². The van der Waals surface area contributed by atoms with E-state index in [4.69, 9.17) is 15.2 Å². The molecule has 110 valence electrons. The number of carbonyl (C=O) groups excluding carboxylic acids is 1. The van der Waals surface area contributed by atoms with Gasteiger partial charge in [0.25, 0.3) is 5.91 Å². The quantitative estimate of drug-likeness (QED) is 0.774. The van der Waals surface area contributed by atoms with Crippen LogP contribution in [0, 0.1) is 0 Å². The molecule has 0 aromatic heterocycles. The van der Waals surface area contributed by atoms with Crippen molar-refractivity contribution in [2.75, 3.05) is 32.6 Å². The summed E-state index contributed by atoms with van der Waals surface area (Å²) in [5.41, 5.74) is 7.02. The standard InChI is InChI=1S/C15H22N2O3/c1-3-20-14-7-4-11(10-13(14)16)15(18)17(8-9-19-2)12-5-6-12/h4,7,10,12H,3,5-6,8-9,16H2,1-2H3. The van der Waals surface area contributed by atoms with Gasteiger partial charge in [-0.1, -0.05) is 0 Å². The second-order valence-corrected chi connectivity index (χ2v) is 4.91. The van der Waals surface area contributed by atoms with Crippen molar-refractivity contribution in [1.29, 1.82) is 0 Å². The molecular formula is C15H22N2O3. The molecule has 5 nitrogen and oxygen atoms in total. The van der Waals surface area contributed by atoms with Crippen molar-refractivity contribution < 1.29 is 14.3 Å². The zero-order chi connectivity index (χ0) is 14.5. The SMILES string of the molecule is CCOc1ccc(C(=O)N(CCOC)C2CC2)cc1N. The molecule has 1 aromatic carbocycles. The minimum Gasteiger partial charge on any atom is -0.492 e. The number of methoxy groups -OCH3 is 1. The lowest BCUT2D eigenvalue weighted by atomic mass is 10.1. The first kappa shape index (κ1) is 14.7. The van der Waals surface area contributed by atoms with Crippen molar-refractivity contribution in [3.05, 3.63) is 23.8 Å². The fraction of sp³-hybridized carbons (Fsp3) is 0.533. The zero-order valence-electron chi connectivity index (χ0n) is 12.1. The first-order valence-corrected chi connectivity index (χ1v) is 6.99. The number of carbonyl (C=O) groups is 1. The normalized spacial score (nSPS) is 14.1. The van der Waals surface area contributed by atoms with Crippen molar-refractivity contribution >= 4 is 11.6 Å². The van der Waals surface area contributed by atoms with Crippen LogP contribution >= 0.6 is 0 Å². The molecule has 0 saturated heterocycles. The van der Waals surface area contributed by atoms with Gasteiger partial charge < -0.3 is 20.1 Å². The average molecular weight is 278 g/mol. The molecule has 0 aliphatic heterocycles. The molecule has 1 saturated carbocycles.